The molecule has 0 radical (unpaired) electrons. The fourth-order valence-corrected chi connectivity index (χ4v) is 4.49. The van der Waals surface area contributed by atoms with Gasteiger partial charge in [-0.05, 0) is 37.0 Å². The smallest absolute Gasteiger partial charge is 0.272 e. The normalized spacial score (nSPS) is 18.3. The van der Waals surface area contributed by atoms with E-state index in [1.807, 2.05) is 12.1 Å². The number of fused-ring (bicyclic) bond motifs is 3. The molecule has 0 bridgehead atoms. The maximum atomic E-state index is 14.5. The van der Waals surface area contributed by atoms with Gasteiger partial charge in [0.2, 0.25) is 0 Å². The van der Waals surface area contributed by atoms with Gasteiger partial charge in [-0.2, -0.15) is 5.10 Å². The Kier molecular flexibility index (Phi) is 4.64. The van der Waals surface area contributed by atoms with Crippen molar-refractivity contribution in [3.8, 4) is 17.2 Å². The van der Waals surface area contributed by atoms with E-state index in [9.17, 15) is 13.6 Å². The highest BCUT2D eigenvalue weighted by molar-refractivity contribution is 5.94. The SMILES string of the molecule is COc1cccc(CNC(=O)c2nn(-c3ccc(F)cc3F)c3c2C[C@H]2C[C@@H]32)c1OC. The van der Waals surface area contributed by atoms with Crippen LogP contribution >= 0.6 is 0 Å². The third-order valence-corrected chi connectivity index (χ3v) is 6.04. The van der Waals surface area contributed by atoms with Gasteiger partial charge < -0.3 is 14.8 Å². The highest BCUT2D eigenvalue weighted by Crippen LogP contribution is 2.57. The quantitative estimate of drug-likeness (QED) is 0.653. The highest BCUT2D eigenvalue weighted by Gasteiger charge is 2.50. The van der Waals surface area contributed by atoms with Crippen molar-refractivity contribution in [3.63, 3.8) is 0 Å². The minimum Gasteiger partial charge on any atom is -0.493 e. The number of carbonyl (C=O) groups is 1. The van der Waals surface area contributed by atoms with E-state index < -0.39 is 11.6 Å². The van der Waals surface area contributed by atoms with Crippen LogP contribution in [0.1, 0.15) is 39.6 Å². The lowest BCUT2D eigenvalue weighted by Crippen LogP contribution is -2.25. The molecule has 1 saturated carbocycles. The zero-order chi connectivity index (χ0) is 21.7. The van der Waals surface area contributed by atoms with Crippen LogP contribution < -0.4 is 14.8 Å². The summed E-state index contributed by atoms with van der Waals surface area (Å²) >= 11 is 0. The predicted molar refractivity (Wildman–Crippen MR) is 109 cm³/mol. The molecule has 2 aromatic carbocycles. The Morgan fingerprint density at radius 3 is 2.81 bits per heavy atom. The fourth-order valence-electron chi connectivity index (χ4n) is 4.49. The van der Waals surface area contributed by atoms with Crippen molar-refractivity contribution in [1.29, 1.82) is 0 Å². The van der Waals surface area contributed by atoms with Gasteiger partial charge in [0.05, 0.1) is 19.9 Å². The molecule has 31 heavy (non-hydrogen) atoms. The monoisotopic (exact) mass is 425 g/mol. The topological polar surface area (TPSA) is 65.4 Å². The van der Waals surface area contributed by atoms with Crippen LogP contribution in [0, 0.1) is 17.6 Å². The summed E-state index contributed by atoms with van der Waals surface area (Å²) in [6.07, 6.45) is 1.75. The molecule has 160 valence electrons. The Morgan fingerprint density at radius 1 is 1.23 bits per heavy atom. The van der Waals surface area contributed by atoms with Crippen molar-refractivity contribution in [2.75, 3.05) is 14.2 Å². The number of nitrogens with zero attached hydrogens (tertiary/aromatic N) is 2. The molecular formula is C23H21F2N3O3. The summed E-state index contributed by atoms with van der Waals surface area (Å²) in [4.78, 5) is 13.0. The molecule has 2 aliphatic carbocycles. The number of carbonyl (C=O) groups excluding carboxylic acids is 1. The molecule has 0 aliphatic heterocycles. The molecule has 1 amide bonds. The van der Waals surface area contributed by atoms with Crippen LogP contribution in [-0.2, 0) is 13.0 Å². The Hall–Kier alpha value is -3.42. The first kappa shape index (κ1) is 19.5. The molecule has 1 heterocycles. The first-order valence-corrected chi connectivity index (χ1v) is 10.1. The van der Waals surface area contributed by atoms with Crippen LogP contribution in [0.3, 0.4) is 0 Å². The van der Waals surface area contributed by atoms with Crippen molar-refractivity contribution in [2.24, 2.45) is 5.92 Å². The average Bonchev–Trinajstić information content (AvgIpc) is 3.27. The van der Waals surface area contributed by atoms with E-state index in [4.69, 9.17) is 9.47 Å². The molecule has 2 aliphatic rings. The number of hydrogen-bond acceptors (Lipinski definition) is 4. The molecule has 1 N–H and O–H groups in total. The summed E-state index contributed by atoms with van der Waals surface area (Å²) in [5.74, 6) is 0.160. The van der Waals surface area contributed by atoms with Crippen molar-refractivity contribution in [1.82, 2.24) is 15.1 Å². The van der Waals surface area contributed by atoms with E-state index in [0.29, 0.717) is 17.4 Å². The van der Waals surface area contributed by atoms with Crippen LogP contribution in [-0.4, -0.2) is 29.9 Å². The van der Waals surface area contributed by atoms with Gasteiger partial charge >= 0.3 is 0 Å². The van der Waals surface area contributed by atoms with Gasteiger partial charge in [-0.1, -0.05) is 12.1 Å². The molecule has 8 heteroatoms. The fraction of sp³-hybridized carbons (Fsp3) is 0.304. The Bertz CT molecular complexity index is 1190. The molecule has 2 atom stereocenters. The van der Waals surface area contributed by atoms with Gasteiger partial charge in [0.15, 0.2) is 23.0 Å². The zero-order valence-corrected chi connectivity index (χ0v) is 17.1. The summed E-state index contributed by atoms with van der Waals surface area (Å²) < 4.78 is 40.0. The average molecular weight is 425 g/mol. The molecule has 1 aromatic heterocycles. The van der Waals surface area contributed by atoms with Gasteiger partial charge in [-0.25, -0.2) is 13.5 Å². The summed E-state index contributed by atoms with van der Waals surface area (Å²) in [6.45, 7) is 0.221. The number of para-hydroxylation sites is 1. The van der Waals surface area contributed by atoms with Crippen LogP contribution in [0.4, 0.5) is 8.78 Å². The number of hydrogen-bond donors (Lipinski definition) is 1. The first-order chi connectivity index (χ1) is 15.0. The van der Waals surface area contributed by atoms with Crippen LogP contribution in [0.15, 0.2) is 36.4 Å². The third kappa shape index (κ3) is 3.22. The second-order valence-electron chi connectivity index (χ2n) is 7.86. The summed E-state index contributed by atoms with van der Waals surface area (Å²) in [7, 11) is 3.09. The van der Waals surface area contributed by atoms with Gasteiger partial charge in [-0.3, -0.25) is 4.79 Å². The van der Waals surface area contributed by atoms with E-state index >= 15 is 0 Å². The van der Waals surface area contributed by atoms with E-state index in [-0.39, 0.29) is 29.8 Å². The Morgan fingerprint density at radius 2 is 2.06 bits per heavy atom. The number of nitrogens with one attached hydrogen (secondary N) is 1. The van der Waals surface area contributed by atoms with Crippen molar-refractivity contribution in [3.05, 3.63) is 70.5 Å². The van der Waals surface area contributed by atoms with Crippen molar-refractivity contribution < 1.29 is 23.0 Å². The maximum absolute atomic E-state index is 14.5. The molecule has 1 fully saturated rings. The Labute approximate surface area is 177 Å². The summed E-state index contributed by atoms with van der Waals surface area (Å²) in [5.41, 5.74) is 2.91. The lowest BCUT2D eigenvalue weighted by Gasteiger charge is -2.13. The van der Waals surface area contributed by atoms with Crippen molar-refractivity contribution in [2.45, 2.75) is 25.3 Å². The second kappa shape index (κ2) is 7.37. The van der Waals surface area contributed by atoms with Gasteiger partial charge in [0.25, 0.3) is 5.91 Å². The standard InChI is InChI=1S/C23H21F2N3O3/c1-30-19-5-3-4-12(22(19)31-2)11-26-23(29)20-16-9-13-8-15(13)21(16)28(27-20)18-7-6-14(24)10-17(18)25/h3-7,10,13,15H,8-9,11H2,1-2H3,(H,26,29)/t13-,15-/m1/s1. The van der Waals surface area contributed by atoms with Crippen LogP contribution in [0.5, 0.6) is 11.5 Å². The molecule has 6 nitrogen and oxygen atoms in total. The number of benzene rings is 2. The minimum absolute atomic E-state index is 0.152. The number of aromatic nitrogens is 2. The zero-order valence-electron chi connectivity index (χ0n) is 17.1. The first-order valence-electron chi connectivity index (χ1n) is 10.1. The lowest BCUT2D eigenvalue weighted by atomic mass is 10.1. The Balaban J connectivity index is 1.45. The van der Waals surface area contributed by atoms with Crippen LogP contribution in [0.2, 0.25) is 0 Å². The predicted octanol–water partition coefficient (Wildman–Crippen LogP) is 3.76. The molecular weight excluding hydrogens is 404 g/mol. The summed E-state index contributed by atoms with van der Waals surface area (Å²) in [5, 5.41) is 7.33. The molecule has 0 unspecified atom stereocenters. The summed E-state index contributed by atoms with van der Waals surface area (Å²) in [6, 6.07) is 8.82. The van der Waals surface area contributed by atoms with Crippen molar-refractivity contribution >= 4 is 5.91 Å². The molecule has 0 saturated heterocycles. The minimum atomic E-state index is -0.706. The number of rotatable bonds is 6. The largest absolute Gasteiger partial charge is 0.493 e. The molecule has 5 rings (SSSR count). The maximum Gasteiger partial charge on any atom is 0.272 e. The van der Waals surface area contributed by atoms with E-state index in [1.54, 1.807) is 20.3 Å². The van der Waals surface area contributed by atoms with Gasteiger partial charge in [0, 0.05) is 29.7 Å². The second-order valence-corrected chi connectivity index (χ2v) is 7.86. The number of halogens is 2. The van der Waals surface area contributed by atoms with E-state index in [2.05, 4.69) is 10.4 Å². The van der Waals surface area contributed by atoms with E-state index in [1.165, 1.54) is 16.8 Å². The van der Waals surface area contributed by atoms with Gasteiger partial charge in [0.1, 0.15) is 11.5 Å². The number of methoxy groups -OCH3 is 2. The highest BCUT2D eigenvalue weighted by atomic mass is 19.1. The van der Waals surface area contributed by atoms with Crippen LogP contribution in [0.25, 0.3) is 5.69 Å². The lowest BCUT2D eigenvalue weighted by molar-refractivity contribution is 0.0944. The van der Waals surface area contributed by atoms with E-state index in [0.717, 1.165) is 35.7 Å². The number of ether oxygens (including phenoxy) is 2. The number of amides is 1. The molecule has 3 aromatic rings. The molecule has 0 spiro atoms. The third-order valence-electron chi connectivity index (χ3n) is 6.04. The van der Waals surface area contributed by atoms with Gasteiger partial charge in [-0.15, -0.1) is 0 Å².